The van der Waals surface area contributed by atoms with Crippen molar-refractivity contribution in [2.45, 2.75) is 25.4 Å². The third-order valence-electron chi connectivity index (χ3n) is 3.74. The average molecular weight is 325 g/mol. The number of hydrogen-bond donors (Lipinski definition) is 0. The van der Waals surface area contributed by atoms with E-state index in [4.69, 9.17) is 0 Å². The Labute approximate surface area is 130 Å². The van der Waals surface area contributed by atoms with Crippen molar-refractivity contribution >= 4 is 12.0 Å². The van der Waals surface area contributed by atoms with Crippen molar-refractivity contribution < 1.29 is 22.5 Å². The lowest BCUT2D eigenvalue weighted by Gasteiger charge is -2.20. The third kappa shape index (κ3) is 3.35. The quantitative estimate of drug-likeness (QED) is 0.809. The SMILES string of the molecule is O=Cc1ccc(Cc2noc(C(F)(F)F)n2)cc1N1CCCC1. The molecule has 2 heterocycles. The van der Waals surface area contributed by atoms with Gasteiger partial charge in [-0.25, -0.2) is 0 Å². The van der Waals surface area contributed by atoms with Crippen molar-refractivity contribution in [1.29, 1.82) is 0 Å². The monoisotopic (exact) mass is 325 g/mol. The smallest absolute Gasteiger partial charge is 0.371 e. The predicted molar refractivity (Wildman–Crippen MR) is 75.4 cm³/mol. The van der Waals surface area contributed by atoms with Crippen LogP contribution in [0.25, 0.3) is 0 Å². The lowest BCUT2D eigenvalue weighted by molar-refractivity contribution is -0.159. The molecule has 0 N–H and O–H groups in total. The van der Waals surface area contributed by atoms with Crippen LogP contribution >= 0.6 is 0 Å². The summed E-state index contributed by atoms with van der Waals surface area (Å²) in [6, 6.07) is 5.16. The van der Waals surface area contributed by atoms with E-state index >= 15 is 0 Å². The van der Waals surface area contributed by atoms with Crippen LogP contribution in [-0.4, -0.2) is 29.5 Å². The number of nitrogens with zero attached hydrogens (tertiary/aromatic N) is 3. The van der Waals surface area contributed by atoms with E-state index in [0.29, 0.717) is 5.56 Å². The molecule has 3 rings (SSSR count). The highest BCUT2D eigenvalue weighted by Gasteiger charge is 2.38. The Bertz CT molecular complexity index is 706. The van der Waals surface area contributed by atoms with Crippen molar-refractivity contribution in [2.24, 2.45) is 0 Å². The fraction of sp³-hybridized carbons (Fsp3) is 0.400. The van der Waals surface area contributed by atoms with Crippen molar-refractivity contribution in [1.82, 2.24) is 10.1 Å². The fourth-order valence-electron chi connectivity index (χ4n) is 2.65. The van der Waals surface area contributed by atoms with Crippen molar-refractivity contribution in [3.63, 3.8) is 0 Å². The van der Waals surface area contributed by atoms with E-state index in [-0.39, 0.29) is 12.2 Å². The highest BCUT2D eigenvalue weighted by atomic mass is 19.4. The minimum atomic E-state index is -4.65. The van der Waals surface area contributed by atoms with Gasteiger partial charge in [-0.15, -0.1) is 0 Å². The van der Waals surface area contributed by atoms with Crippen LogP contribution in [0.1, 0.15) is 40.5 Å². The van der Waals surface area contributed by atoms with E-state index in [1.807, 2.05) is 0 Å². The molecule has 0 radical (unpaired) electrons. The molecule has 0 atom stereocenters. The molecule has 0 saturated carbocycles. The lowest BCUT2D eigenvalue weighted by atomic mass is 10.1. The number of anilines is 1. The minimum Gasteiger partial charge on any atom is -0.371 e. The van der Waals surface area contributed by atoms with Gasteiger partial charge in [0.2, 0.25) is 0 Å². The second-order valence-corrected chi connectivity index (χ2v) is 5.40. The van der Waals surface area contributed by atoms with E-state index in [9.17, 15) is 18.0 Å². The molecule has 2 aromatic rings. The Hall–Kier alpha value is -2.38. The summed E-state index contributed by atoms with van der Waals surface area (Å²) in [6.07, 6.45) is -1.63. The summed E-state index contributed by atoms with van der Waals surface area (Å²) >= 11 is 0. The van der Waals surface area contributed by atoms with Gasteiger partial charge in [0.25, 0.3) is 0 Å². The normalized spacial score (nSPS) is 15.2. The first kappa shape index (κ1) is 15.5. The van der Waals surface area contributed by atoms with Crippen LogP contribution in [0.3, 0.4) is 0 Å². The highest BCUT2D eigenvalue weighted by Crippen LogP contribution is 2.29. The summed E-state index contributed by atoms with van der Waals surface area (Å²) in [5.74, 6) is -1.39. The number of carbonyl (C=O) groups excluding carboxylic acids is 1. The summed E-state index contributed by atoms with van der Waals surface area (Å²) < 4.78 is 41.6. The molecule has 0 spiro atoms. The number of carbonyl (C=O) groups is 1. The summed E-state index contributed by atoms with van der Waals surface area (Å²) in [7, 11) is 0. The van der Waals surface area contributed by atoms with E-state index < -0.39 is 12.1 Å². The number of alkyl halides is 3. The number of aromatic nitrogens is 2. The van der Waals surface area contributed by atoms with Gasteiger partial charge in [0.15, 0.2) is 12.1 Å². The Morgan fingerprint density at radius 3 is 2.61 bits per heavy atom. The molecular formula is C15H14F3N3O2. The number of rotatable bonds is 4. The van der Waals surface area contributed by atoms with Crippen molar-refractivity contribution in [3.8, 4) is 0 Å². The zero-order valence-electron chi connectivity index (χ0n) is 12.1. The molecule has 1 aliphatic rings. The molecule has 1 aromatic carbocycles. The highest BCUT2D eigenvalue weighted by molar-refractivity contribution is 5.85. The lowest BCUT2D eigenvalue weighted by Crippen LogP contribution is -2.19. The second-order valence-electron chi connectivity index (χ2n) is 5.40. The molecule has 1 aromatic heterocycles. The molecule has 5 nitrogen and oxygen atoms in total. The van der Waals surface area contributed by atoms with Gasteiger partial charge in [-0.3, -0.25) is 4.79 Å². The molecule has 23 heavy (non-hydrogen) atoms. The number of benzene rings is 1. The zero-order valence-corrected chi connectivity index (χ0v) is 12.1. The summed E-state index contributed by atoms with van der Waals surface area (Å²) in [5.41, 5.74) is 2.10. The van der Waals surface area contributed by atoms with Gasteiger partial charge in [-0.2, -0.15) is 18.2 Å². The maximum absolute atomic E-state index is 12.5. The van der Waals surface area contributed by atoms with Crippen LogP contribution in [0.4, 0.5) is 18.9 Å². The molecule has 0 bridgehead atoms. The Morgan fingerprint density at radius 2 is 2.00 bits per heavy atom. The molecule has 1 saturated heterocycles. The third-order valence-corrected chi connectivity index (χ3v) is 3.74. The predicted octanol–water partition coefficient (Wildman–Crippen LogP) is 3.09. The van der Waals surface area contributed by atoms with Crippen LogP contribution < -0.4 is 4.90 Å². The largest absolute Gasteiger partial charge is 0.471 e. The number of halogens is 3. The first-order chi connectivity index (χ1) is 11.0. The van der Waals surface area contributed by atoms with Crippen LogP contribution in [-0.2, 0) is 12.6 Å². The molecule has 0 amide bonds. The summed E-state index contributed by atoms with van der Waals surface area (Å²) in [5, 5.41) is 3.36. The van der Waals surface area contributed by atoms with Crippen molar-refractivity contribution in [3.05, 3.63) is 41.0 Å². The average Bonchev–Trinajstić information content (AvgIpc) is 3.18. The van der Waals surface area contributed by atoms with E-state index in [1.54, 1.807) is 18.2 Å². The number of aldehydes is 1. The Kier molecular flexibility index (Phi) is 4.06. The first-order valence-corrected chi connectivity index (χ1v) is 7.20. The van der Waals surface area contributed by atoms with Crippen LogP contribution in [0.5, 0.6) is 0 Å². The number of hydrogen-bond acceptors (Lipinski definition) is 5. The topological polar surface area (TPSA) is 59.2 Å². The molecule has 0 aliphatic carbocycles. The summed E-state index contributed by atoms with van der Waals surface area (Å²) in [6.45, 7) is 1.73. The molecule has 8 heteroatoms. The van der Waals surface area contributed by atoms with Gasteiger partial charge in [0.05, 0.1) is 0 Å². The van der Waals surface area contributed by atoms with Crippen molar-refractivity contribution in [2.75, 3.05) is 18.0 Å². The van der Waals surface area contributed by atoms with Crippen LogP contribution in [0.15, 0.2) is 22.7 Å². The van der Waals surface area contributed by atoms with Crippen LogP contribution in [0, 0.1) is 0 Å². The second kappa shape index (κ2) is 6.02. The fourth-order valence-corrected chi connectivity index (χ4v) is 2.65. The molecular weight excluding hydrogens is 311 g/mol. The molecule has 1 aliphatic heterocycles. The molecule has 1 fully saturated rings. The standard InChI is InChI=1S/C15H14F3N3O2/c16-15(17,18)14-19-13(20-23-14)8-10-3-4-11(9-22)12(7-10)21-5-1-2-6-21/h3-4,7,9H,1-2,5-6,8H2. The van der Waals surface area contributed by atoms with Gasteiger partial charge >= 0.3 is 12.1 Å². The van der Waals surface area contributed by atoms with Gasteiger partial charge in [0.1, 0.15) is 0 Å². The van der Waals surface area contributed by atoms with Gasteiger partial charge < -0.3 is 9.42 Å². The Balaban J connectivity index is 1.84. The van der Waals surface area contributed by atoms with E-state index in [2.05, 4.69) is 19.6 Å². The van der Waals surface area contributed by atoms with Crippen LogP contribution in [0.2, 0.25) is 0 Å². The minimum absolute atomic E-state index is 0.0384. The van der Waals surface area contributed by atoms with Gasteiger partial charge in [-0.1, -0.05) is 11.2 Å². The maximum Gasteiger partial charge on any atom is 0.471 e. The van der Waals surface area contributed by atoms with Gasteiger partial charge in [-0.05, 0) is 30.5 Å². The maximum atomic E-state index is 12.5. The zero-order chi connectivity index (χ0) is 16.4. The molecule has 122 valence electrons. The Morgan fingerprint density at radius 1 is 1.26 bits per heavy atom. The van der Waals surface area contributed by atoms with Gasteiger partial charge in [0, 0.05) is 30.8 Å². The summed E-state index contributed by atoms with van der Waals surface area (Å²) in [4.78, 5) is 16.6. The first-order valence-electron chi connectivity index (χ1n) is 7.20. The van der Waals surface area contributed by atoms with E-state index in [1.165, 1.54) is 0 Å². The van der Waals surface area contributed by atoms with E-state index in [0.717, 1.165) is 43.5 Å². The molecule has 0 unspecified atom stereocenters.